The maximum absolute atomic E-state index is 14.9. The summed E-state index contributed by atoms with van der Waals surface area (Å²) in [5, 5.41) is 10.3. The number of nitrogens with zero attached hydrogens (tertiary/aromatic N) is 6. The molecule has 3 aliphatic rings. The smallest absolute Gasteiger partial charge is 0.246 e. The average Bonchev–Trinajstić information content (AvgIpc) is 3.34. The molecule has 0 saturated carbocycles. The van der Waals surface area contributed by atoms with E-state index >= 15 is 0 Å². The third kappa shape index (κ3) is 4.93. The molecule has 1 amide bonds. The van der Waals surface area contributed by atoms with Crippen molar-refractivity contribution in [3.8, 4) is 11.9 Å². The monoisotopic (exact) mass is 518 g/mol. The number of anilines is 2. The van der Waals surface area contributed by atoms with Crippen molar-refractivity contribution in [3.63, 3.8) is 0 Å². The number of aromatic nitrogens is 1. The van der Waals surface area contributed by atoms with Crippen molar-refractivity contribution in [2.45, 2.75) is 38.8 Å². The zero-order chi connectivity index (χ0) is 26.8. The number of ether oxygens (including phenoxy) is 1. The first-order valence-electron chi connectivity index (χ1n) is 13.4. The Morgan fingerprint density at radius 2 is 2.00 bits per heavy atom. The van der Waals surface area contributed by atoms with Gasteiger partial charge in [0.1, 0.15) is 24.1 Å². The highest BCUT2D eigenvalue weighted by Gasteiger charge is 2.32. The van der Waals surface area contributed by atoms with Crippen molar-refractivity contribution in [1.29, 1.82) is 5.26 Å². The molecule has 0 radical (unpaired) electrons. The minimum absolute atomic E-state index is 0.0810. The Morgan fingerprint density at radius 3 is 2.66 bits per heavy atom. The molecular weight excluding hydrogens is 483 g/mol. The molecule has 200 valence electrons. The van der Waals surface area contributed by atoms with Gasteiger partial charge < -0.3 is 24.3 Å². The van der Waals surface area contributed by atoms with Crippen LogP contribution in [0.4, 0.5) is 15.8 Å². The van der Waals surface area contributed by atoms with E-state index in [2.05, 4.69) is 29.5 Å². The molecule has 2 fully saturated rings. The fourth-order valence-corrected chi connectivity index (χ4v) is 5.95. The number of benzene rings is 1. The van der Waals surface area contributed by atoms with E-state index in [0.717, 1.165) is 41.9 Å². The first-order chi connectivity index (χ1) is 18.4. The van der Waals surface area contributed by atoms with E-state index in [-0.39, 0.29) is 17.8 Å². The fourth-order valence-electron chi connectivity index (χ4n) is 5.95. The summed E-state index contributed by atoms with van der Waals surface area (Å²) in [6, 6.07) is 7.82. The molecular formula is C29H35FN6O2. The van der Waals surface area contributed by atoms with Gasteiger partial charge in [-0.3, -0.25) is 4.79 Å². The molecule has 0 bridgehead atoms. The van der Waals surface area contributed by atoms with E-state index in [1.807, 2.05) is 17.9 Å². The van der Waals surface area contributed by atoms with Crippen molar-refractivity contribution in [3.05, 3.63) is 59.1 Å². The van der Waals surface area contributed by atoms with Crippen LogP contribution >= 0.6 is 0 Å². The van der Waals surface area contributed by atoms with Crippen molar-refractivity contribution >= 4 is 17.3 Å². The van der Waals surface area contributed by atoms with Crippen LogP contribution in [0.25, 0.3) is 0 Å². The number of amides is 1. The number of hydrogen-bond donors (Lipinski definition) is 0. The predicted octanol–water partition coefficient (Wildman–Crippen LogP) is 3.27. The molecule has 0 unspecified atom stereocenters. The van der Waals surface area contributed by atoms with Gasteiger partial charge in [0.15, 0.2) is 0 Å². The molecule has 4 heterocycles. The molecule has 2 saturated heterocycles. The summed E-state index contributed by atoms with van der Waals surface area (Å²) in [7, 11) is 2.09. The minimum atomic E-state index is -0.244. The molecule has 5 rings (SSSR count). The summed E-state index contributed by atoms with van der Waals surface area (Å²) in [4.78, 5) is 25.3. The lowest BCUT2D eigenvalue weighted by molar-refractivity contribution is -0.126. The normalized spacial score (nSPS) is 19.7. The summed E-state index contributed by atoms with van der Waals surface area (Å²) >= 11 is 0. The Hall–Kier alpha value is -3.64. The number of aryl methyl sites for hydroxylation is 1. The van der Waals surface area contributed by atoms with Crippen LogP contribution in [0.1, 0.15) is 35.2 Å². The Kier molecular flexibility index (Phi) is 7.52. The second kappa shape index (κ2) is 11.0. The van der Waals surface area contributed by atoms with Gasteiger partial charge in [0.05, 0.1) is 23.6 Å². The number of piperazine rings is 1. The molecule has 8 nitrogen and oxygen atoms in total. The first-order valence-corrected chi connectivity index (χ1v) is 13.4. The third-order valence-electron chi connectivity index (χ3n) is 8.08. The minimum Gasteiger partial charge on any atom is -0.475 e. The zero-order valence-corrected chi connectivity index (χ0v) is 22.2. The lowest BCUT2D eigenvalue weighted by Gasteiger charge is -2.39. The van der Waals surface area contributed by atoms with Crippen LogP contribution in [0, 0.1) is 24.1 Å². The maximum atomic E-state index is 14.9. The molecule has 0 spiro atoms. The number of fused-ring (bicyclic) bond motifs is 1. The predicted molar refractivity (Wildman–Crippen MR) is 145 cm³/mol. The topological polar surface area (TPSA) is 75.9 Å². The summed E-state index contributed by atoms with van der Waals surface area (Å²) in [6.07, 6.45) is 4.16. The largest absolute Gasteiger partial charge is 0.475 e. The highest BCUT2D eigenvalue weighted by Crippen LogP contribution is 2.38. The van der Waals surface area contributed by atoms with Crippen molar-refractivity contribution in [2.75, 3.05) is 62.7 Å². The number of hydrogen-bond acceptors (Lipinski definition) is 7. The van der Waals surface area contributed by atoms with Gasteiger partial charge >= 0.3 is 0 Å². The van der Waals surface area contributed by atoms with Crippen molar-refractivity contribution < 1.29 is 13.9 Å². The lowest BCUT2D eigenvalue weighted by atomic mass is 9.97. The number of likely N-dealkylation sites (tertiary alicyclic amines) is 1. The lowest BCUT2D eigenvalue weighted by Crippen LogP contribution is -2.49. The number of rotatable bonds is 6. The molecule has 1 atom stereocenters. The Morgan fingerprint density at radius 1 is 1.21 bits per heavy atom. The van der Waals surface area contributed by atoms with Gasteiger partial charge in [-0.15, -0.1) is 0 Å². The molecule has 9 heteroatoms. The molecule has 1 aromatic carbocycles. The van der Waals surface area contributed by atoms with Crippen LogP contribution in [0.3, 0.4) is 0 Å². The number of carbonyl (C=O) groups excluding carboxylic acids is 1. The van der Waals surface area contributed by atoms with E-state index in [0.29, 0.717) is 69.4 Å². The number of halogens is 1. The third-order valence-corrected chi connectivity index (χ3v) is 8.08. The van der Waals surface area contributed by atoms with Crippen LogP contribution in [-0.2, 0) is 17.8 Å². The van der Waals surface area contributed by atoms with Gasteiger partial charge in [-0.2, -0.15) is 5.26 Å². The molecule has 38 heavy (non-hydrogen) atoms. The SMILES string of the molecule is C=CC(=O)N1CCN(c2c(C#N)c(OC[C@@H]3CCCN3C)nc3c2CCN(c2c(C)cccc2F)C3)CC1. The Bertz CT molecular complexity index is 1250. The summed E-state index contributed by atoms with van der Waals surface area (Å²) in [5.41, 5.74) is 4.60. The van der Waals surface area contributed by atoms with Gasteiger partial charge in [0.2, 0.25) is 11.8 Å². The summed E-state index contributed by atoms with van der Waals surface area (Å²) in [6.45, 7) is 10.4. The number of nitriles is 1. The van der Waals surface area contributed by atoms with E-state index < -0.39 is 0 Å². The molecule has 3 aliphatic heterocycles. The van der Waals surface area contributed by atoms with Crippen LogP contribution in [-0.4, -0.2) is 79.7 Å². The van der Waals surface area contributed by atoms with Gasteiger partial charge in [-0.05, 0) is 57.5 Å². The van der Waals surface area contributed by atoms with Gasteiger partial charge in [0.25, 0.3) is 0 Å². The molecule has 0 aliphatic carbocycles. The average molecular weight is 519 g/mol. The van der Waals surface area contributed by atoms with Crippen molar-refractivity contribution in [2.24, 2.45) is 0 Å². The highest BCUT2D eigenvalue weighted by atomic mass is 19.1. The quantitative estimate of drug-likeness (QED) is 0.544. The number of carbonyl (C=O) groups is 1. The van der Waals surface area contributed by atoms with Crippen LogP contribution in [0.15, 0.2) is 30.9 Å². The number of pyridine rings is 1. The van der Waals surface area contributed by atoms with E-state index in [1.54, 1.807) is 11.0 Å². The van der Waals surface area contributed by atoms with E-state index in [4.69, 9.17) is 9.72 Å². The van der Waals surface area contributed by atoms with Gasteiger partial charge in [-0.25, -0.2) is 9.37 Å². The number of para-hydroxylation sites is 1. The standard InChI is InChI=1S/C29H35FN6O2/c1-4-26(37)34-13-15-35(16-14-34)28-22-10-12-36(27-20(2)7-5-9-24(27)30)18-25(22)32-29(23(28)17-31)38-19-21-8-6-11-33(21)3/h4-5,7,9,21H,1,6,8,10-16,18-19H2,2-3H3/t21-/m0/s1. The van der Waals surface area contributed by atoms with E-state index in [1.165, 1.54) is 12.1 Å². The Balaban J connectivity index is 1.51. The van der Waals surface area contributed by atoms with E-state index in [9.17, 15) is 14.4 Å². The summed E-state index contributed by atoms with van der Waals surface area (Å²) < 4.78 is 21.1. The molecule has 2 aromatic rings. The zero-order valence-electron chi connectivity index (χ0n) is 22.2. The second-order valence-corrected chi connectivity index (χ2v) is 10.4. The molecule has 0 N–H and O–H groups in total. The molecule has 1 aromatic heterocycles. The Labute approximate surface area is 223 Å². The summed E-state index contributed by atoms with van der Waals surface area (Å²) in [5.74, 6) is 0.0202. The fraction of sp³-hybridized carbons (Fsp3) is 0.483. The van der Waals surface area contributed by atoms with Crippen LogP contribution in [0.5, 0.6) is 5.88 Å². The first kappa shape index (κ1) is 26.0. The van der Waals surface area contributed by atoms with Crippen LogP contribution in [0.2, 0.25) is 0 Å². The van der Waals surface area contributed by atoms with Gasteiger partial charge in [-0.1, -0.05) is 18.7 Å². The second-order valence-electron chi connectivity index (χ2n) is 10.4. The van der Waals surface area contributed by atoms with Crippen molar-refractivity contribution in [1.82, 2.24) is 14.8 Å². The highest BCUT2D eigenvalue weighted by molar-refractivity contribution is 5.87. The number of likely N-dealkylation sites (N-methyl/N-ethyl adjacent to an activating group) is 1. The maximum Gasteiger partial charge on any atom is 0.246 e. The van der Waals surface area contributed by atoms with Crippen LogP contribution < -0.4 is 14.5 Å². The van der Waals surface area contributed by atoms with Gasteiger partial charge in [0, 0.05) is 44.3 Å².